The van der Waals surface area contributed by atoms with E-state index in [1.165, 1.54) is 11.1 Å². The maximum atomic E-state index is 13.0. The second-order valence-electron chi connectivity index (χ2n) is 24.3. The van der Waals surface area contributed by atoms with Gasteiger partial charge in [0.15, 0.2) is 10.2 Å². The van der Waals surface area contributed by atoms with Gasteiger partial charge in [0, 0.05) is 34.1 Å². The van der Waals surface area contributed by atoms with Crippen LogP contribution in [0.2, 0.25) is 0 Å². The summed E-state index contributed by atoms with van der Waals surface area (Å²) in [6.45, 7) is 10.8. The van der Waals surface area contributed by atoms with Crippen LogP contribution >= 0.6 is 24.4 Å². The number of nitrogen functional groups attached to an aromatic ring is 1. The van der Waals surface area contributed by atoms with E-state index in [9.17, 15) is 24.0 Å². The Kier molecular flexibility index (Phi) is 21.7. The molecular weight excluding hydrogens is 1190 g/mol. The number of rotatable bonds is 12. The van der Waals surface area contributed by atoms with Crippen LogP contribution in [0, 0.1) is 0 Å². The van der Waals surface area contributed by atoms with E-state index in [2.05, 4.69) is 47.9 Å². The van der Waals surface area contributed by atoms with Gasteiger partial charge in [0.05, 0.1) is 46.2 Å². The lowest BCUT2D eigenvalue weighted by Crippen LogP contribution is -2.31. The van der Waals surface area contributed by atoms with E-state index in [4.69, 9.17) is 45.4 Å². The van der Waals surface area contributed by atoms with Crippen LogP contribution in [0.4, 0.5) is 55.1 Å². The van der Waals surface area contributed by atoms with Crippen molar-refractivity contribution in [2.24, 2.45) is 5.73 Å². The van der Waals surface area contributed by atoms with Crippen molar-refractivity contribution in [3.05, 3.63) is 238 Å². The van der Waals surface area contributed by atoms with Gasteiger partial charge >= 0.3 is 12.2 Å². The van der Waals surface area contributed by atoms with Gasteiger partial charge in [-0.25, -0.2) is 9.59 Å². The molecule has 0 aromatic heterocycles. The Bertz CT molecular complexity index is 4000. The van der Waals surface area contributed by atoms with Crippen LogP contribution in [0.5, 0.6) is 0 Å². The highest BCUT2D eigenvalue weighted by molar-refractivity contribution is 7.80. The third kappa shape index (κ3) is 18.7. The highest BCUT2D eigenvalue weighted by Crippen LogP contribution is 2.35. The summed E-state index contributed by atoms with van der Waals surface area (Å²) < 4.78 is 10.6. The second kappa shape index (κ2) is 30.1. The van der Waals surface area contributed by atoms with Crippen LogP contribution in [-0.2, 0) is 28.7 Å². The van der Waals surface area contributed by atoms with Crippen molar-refractivity contribution < 1.29 is 33.4 Å². The van der Waals surface area contributed by atoms with E-state index in [1.54, 1.807) is 108 Å². The zero-order chi connectivity index (χ0) is 65.5. The molecule has 20 heteroatoms. The predicted octanol–water partition coefficient (Wildman–Crippen LogP) is 15.0. The summed E-state index contributed by atoms with van der Waals surface area (Å²) in [6, 6.07) is 58.3. The van der Waals surface area contributed by atoms with E-state index in [1.807, 2.05) is 121 Å². The first-order valence-corrected chi connectivity index (χ1v) is 31.2. The third-order valence-electron chi connectivity index (χ3n) is 15.0. The largest absolute Gasteiger partial charge is 0.444 e. The Balaban J connectivity index is 0.000000165. The average molecular weight is 1270 g/mol. The monoisotopic (exact) mass is 1270 g/mol. The summed E-state index contributed by atoms with van der Waals surface area (Å²) in [4.78, 5) is 62.6. The number of aryl methyl sites for hydroxylation is 3. The molecule has 0 saturated carbocycles. The fourth-order valence-electron chi connectivity index (χ4n) is 10.7. The van der Waals surface area contributed by atoms with Gasteiger partial charge in [0.1, 0.15) is 11.2 Å². The van der Waals surface area contributed by atoms with Gasteiger partial charge in [-0.3, -0.25) is 25.0 Å². The molecule has 0 heterocycles. The second-order valence-corrected chi connectivity index (χ2v) is 25.1. The SMILES string of the molecule is CC(C)(C)OC(=O)Nc1ccccc1NC(=O)c1ccc2c(c1)CCC2N.CC(C)(C)OC(=O)Nc1ccccc1NC(=O)c1ccc2c(c1)CCC2NC(=S)Nc1ccccc1.Nc1ccccc1NC(=O)c1ccc2c(c1)CCC2NC(=S)Nc1ccccc1. The van der Waals surface area contributed by atoms with Crippen molar-refractivity contribution in [3.63, 3.8) is 0 Å². The molecule has 474 valence electrons. The number of carbonyl (C=O) groups is 5. The van der Waals surface area contributed by atoms with Crippen molar-refractivity contribution >= 4 is 110 Å². The van der Waals surface area contributed by atoms with Gasteiger partial charge in [-0.05, 0) is 235 Å². The zero-order valence-electron chi connectivity index (χ0n) is 52.2. The molecule has 0 radical (unpaired) electrons. The molecule has 0 saturated heterocycles. The van der Waals surface area contributed by atoms with Crippen molar-refractivity contribution in [2.75, 3.05) is 43.0 Å². The normalized spacial score (nSPS) is 14.9. The minimum Gasteiger partial charge on any atom is -0.444 e. The molecule has 8 aromatic rings. The van der Waals surface area contributed by atoms with Crippen LogP contribution in [0.1, 0.15) is 143 Å². The van der Waals surface area contributed by atoms with E-state index >= 15 is 0 Å². The first-order valence-electron chi connectivity index (χ1n) is 30.4. The number of hydrogen-bond acceptors (Lipinski definition) is 11. The number of amides is 5. The van der Waals surface area contributed by atoms with Gasteiger partial charge in [0.25, 0.3) is 17.7 Å². The summed E-state index contributed by atoms with van der Waals surface area (Å²) in [6.07, 6.45) is 4.20. The van der Waals surface area contributed by atoms with Crippen molar-refractivity contribution in [1.29, 1.82) is 0 Å². The fourth-order valence-corrected chi connectivity index (χ4v) is 11.2. The van der Waals surface area contributed by atoms with Crippen molar-refractivity contribution in [2.45, 2.75) is 109 Å². The number of nitrogens with two attached hydrogens (primary N) is 2. The van der Waals surface area contributed by atoms with Crippen molar-refractivity contribution in [1.82, 2.24) is 10.6 Å². The van der Waals surface area contributed by atoms with E-state index in [-0.39, 0.29) is 35.8 Å². The summed E-state index contributed by atoms with van der Waals surface area (Å²) in [5.74, 6) is -0.658. The molecule has 0 bridgehead atoms. The summed E-state index contributed by atoms with van der Waals surface area (Å²) in [5.41, 5.74) is 24.3. The van der Waals surface area contributed by atoms with Gasteiger partial charge in [-0.2, -0.15) is 0 Å². The standard InChI is InChI=1S/C28H30N4O3S.C23H22N4OS.C21H25N3O3/c1-28(2,3)35-27(34)32-24-12-8-7-11-23(24)30-25(33)19-13-15-21-18(17-19)14-16-22(21)31-26(36)29-20-9-5-4-6-10-20;24-19-8-4-5-9-21(19)26-22(28)16-10-12-18-15(14-16)11-13-20(18)27-23(29)25-17-6-2-1-3-7-17;1-21(2,3)27-20(26)24-18-7-5-4-6-17(18)23-19(25)14-8-10-15-13(12-14)9-11-16(15)22/h4-13,15,17,22H,14,16H2,1-3H3,(H,30,33)(H,32,34)(H2,29,31,36);1-10,12,14,20H,11,13,24H2,(H,26,28)(H2,25,27,29);4-8,10,12,16H,9,11,22H2,1-3H3,(H,23,25)(H,24,26). The molecule has 8 aromatic carbocycles. The minimum absolute atomic E-state index is 0.0517. The molecule has 18 nitrogen and oxygen atoms in total. The lowest BCUT2D eigenvalue weighted by atomic mass is 10.0. The number of thiocarbonyl (C=S) groups is 2. The van der Waals surface area contributed by atoms with Gasteiger partial charge in [0.2, 0.25) is 0 Å². The Morgan fingerprint density at radius 2 is 0.728 bits per heavy atom. The first-order chi connectivity index (χ1) is 44.0. The molecular formula is C72H77N11O7S2. The highest BCUT2D eigenvalue weighted by Gasteiger charge is 2.28. The maximum absolute atomic E-state index is 13.0. The van der Waals surface area contributed by atoms with E-state index in [0.29, 0.717) is 61.0 Å². The summed E-state index contributed by atoms with van der Waals surface area (Å²) in [5, 5.41) is 28.4. The Labute approximate surface area is 547 Å². The van der Waals surface area contributed by atoms with Gasteiger partial charge in [-0.15, -0.1) is 0 Å². The number of para-hydroxylation sites is 8. The smallest absolute Gasteiger partial charge is 0.412 e. The maximum Gasteiger partial charge on any atom is 0.412 e. The van der Waals surface area contributed by atoms with Gasteiger partial charge in [-0.1, -0.05) is 91.0 Å². The number of nitrogens with one attached hydrogen (secondary N) is 9. The van der Waals surface area contributed by atoms with Crippen LogP contribution < -0.4 is 59.3 Å². The summed E-state index contributed by atoms with van der Waals surface area (Å²) >= 11 is 10.9. The number of anilines is 8. The molecule has 0 fully saturated rings. The molecule has 11 rings (SSSR count). The van der Waals surface area contributed by atoms with E-state index in [0.717, 1.165) is 72.2 Å². The van der Waals surface area contributed by atoms with Gasteiger partial charge < -0.3 is 58.2 Å². The number of carbonyl (C=O) groups excluding carboxylic acids is 5. The Hall–Kier alpha value is -10.2. The fraction of sp³-hybridized carbons (Fsp3) is 0.236. The molecule has 13 N–H and O–H groups in total. The molecule has 3 aliphatic rings. The third-order valence-corrected chi connectivity index (χ3v) is 15.4. The average Bonchev–Trinajstić information content (AvgIpc) is 1.74. The Morgan fingerprint density at radius 1 is 0.402 bits per heavy atom. The molecule has 0 spiro atoms. The molecule has 3 aliphatic carbocycles. The quantitative estimate of drug-likeness (QED) is 0.0401. The minimum atomic E-state index is -0.624. The number of fused-ring (bicyclic) bond motifs is 3. The highest BCUT2D eigenvalue weighted by atomic mass is 32.1. The molecule has 92 heavy (non-hydrogen) atoms. The Morgan fingerprint density at radius 3 is 1.12 bits per heavy atom. The summed E-state index contributed by atoms with van der Waals surface area (Å²) in [7, 11) is 0. The first kappa shape index (κ1) is 66.3. The number of benzene rings is 8. The number of ether oxygens (including phenoxy) is 2. The van der Waals surface area contributed by atoms with E-state index < -0.39 is 23.4 Å². The lowest BCUT2D eigenvalue weighted by molar-refractivity contribution is 0.0624. The topological polar surface area (TPSA) is 264 Å². The van der Waals surface area contributed by atoms with Crippen LogP contribution in [-0.4, -0.2) is 51.3 Å². The van der Waals surface area contributed by atoms with Crippen LogP contribution in [0.15, 0.2) is 188 Å². The predicted molar refractivity (Wildman–Crippen MR) is 376 cm³/mol. The molecule has 5 amide bonds. The van der Waals surface area contributed by atoms with Crippen LogP contribution in [0.3, 0.4) is 0 Å². The number of hydrogen-bond donors (Lipinski definition) is 11. The lowest BCUT2D eigenvalue weighted by Gasteiger charge is -2.20. The van der Waals surface area contributed by atoms with Crippen LogP contribution in [0.25, 0.3) is 0 Å². The zero-order valence-corrected chi connectivity index (χ0v) is 53.8. The molecule has 3 atom stereocenters. The molecule has 0 aliphatic heterocycles. The van der Waals surface area contributed by atoms with Crippen molar-refractivity contribution in [3.8, 4) is 0 Å². The molecule has 3 unspecified atom stereocenters.